The van der Waals surface area contributed by atoms with Gasteiger partial charge >= 0.3 is 0 Å². The highest BCUT2D eigenvalue weighted by atomic mass is 16.5. The van der Waals surface area contributed by atoms with Gasteiger partial charge in [0, 0.05) is 56.8 Å². The van der Waals surface area contributed by atoms with Crippen molar-refractivity contribution in [3.8, 4) is 5.75 Å². The van der Waals surface area contributed by atoms with Gasteiger partial charge < -0.3 is 29.9 Å². The standard InChI is InChI=1S/C30H36N4O4/c1-4-22-9-11-23(12-10-22)29(35)32-24-13-14-26(25(21-24)30(36)31-15-20-37-2)33-16-18-34(19-17-33)27-7-5-6-8-28(27)38-3/h5-14,21H,4,15-20H2,1-3H3,(H,31,36)(H,32,35). The summed E-state index contributed by atoms with van der Waals surface area (Å²) < 4.78 is 10.6. The maximum atomic E-state index is 13.2. The van der Waals surface area contributed by atoms with Gasteiger partial charge in [0.1, 0.15) is 5.75 Å². The average molecular weight is 517 g/mol. The molecule has 3 aromatic rings. The number of anilines is 3. The zero-order chi connectivity index (χ0) is 26.9. The quantitative estimate of drug-likeness (QED) is 0.393. The predicted octanol–water partition coefficient (Wildman–Crippen LogP) is 4.21. The van der Waals surface area contributed by atoms with Crippen molar-refractivity contribution in [3.63, 3.8) is 0 Å². The molecule has 8 heteroatoms. The lowest BCUT2D eigenvalue weighted by Crippen LogP contribution is -2.47. The van der Waals surface area contributed by atoms with E-state index in [1.165, 1.54) is 5.56 Å². The fourth-order valence-corrected chi connectivity index (χ4v) is 4.61. The molecule has 0 aliphatic carbocycles. The first-order valence-electron chi connectivity index (χ1n) is 13.0. The molecule has 0 unspecified atom stereocenters. The summed E-state index contributed by atoms with van der Waals surface area (Å²) in [6.45, 7) is 5.96. The van der Waals surface area contributed by atoms with Gasteiger partial charge in [-0.05, 0) is 54.4 Å². The van der Waals surface area contributed by atoms with Gasteiger partial charge in [-0.25, -0.2) is 0 Å². The van der Waals surface area contributed by atoms with Gasteiger partial charge in [0.2, 0.25) is 0 Å². The highest BCUT2D eigenvalue weighted by Crippen LogP contribution is 2.31. The number of para-hydroxylation sites is 2. The van der Waals surface area contributed by atoms with Crippen molar-refractivity contribution in [2.75, 3.05) is 68.7 Å². The number of ether oxygens (including phenoxy) is 2. The van der Waals surface area contributed by atoms with Crippen LogP contribution in [0.5, 0.6) is 5.75 Å². The summed E-state index contributed by atoms with van der Waals surface area (Å²) in [6.07, 6.45) is 0.915. The Morgan fingerprint density at radius 2 is 1.53 bits per heavy atom. The molecule has 3 aromatic carbocycles. The molecule has 38 heavy (non-hydrogen) atoms. The van der Waals surface area contributed by atoms with Gasteiger partial charge in [-0.2, -0.15) is 0 Å². The van der Waals surface area contributed by atoms with Crippen molar-refractivity contribution in [1.82, 2.24) is 5.32 Å². The summed E-state index contributed by atoms with van der Waals surface area (Å²) in [7, 11) is 3.28. The predicted molar refractivity (Wildman–Crippen MR) is 152 cm³/mol. The van der Waals surface area contributed by atoms with Gasteiger partial charge in [-0.3, -0.25) is 9.59 Å². The molecule has 0 bridgehead atoms. The number of hydrogen-bond acceptors (Lipinski definition) is 6. The summed E-state index contributed by atoms with van der Waals surface area (Å²) in [5.41, 5.74) is 4.74. The third-order valence-corrected chi connectivity index (χ3v) is 6.76. The van der Waals surface area contributed by atoms with Crippen LogP contribution in [0.25, 0.3) is 0 Å². The Balaban J connectivity index is 1.52. The monoisotopic (exact) mass is 516 g/mol. The zero-order valence-corrected chi connectivity index (χ0v) is 22.3. The van der Waals surface area contributed by atoms with Crippen molar-refractivity contribution in [2.45, 2.75) is 13.3 Å². The highest BCUT2D eigenvalue weighted by Gasteiger charge is 2.24. The maximum absolute atomic E-state index is 13.2. The summed E-state index contributed by atoms with van der Waals surface area (Å²) in [4.78, 5) is 30.6. The van der Waals surface area contributed by atoms with Crippen LogP contribution in [-0.2, 0) is 11.2 Å². The van der Waals surface area contributed by atoms with Gasteiger partial charge in [-0.1, -0.05) is 31.2 Å². The highest BCUT2D eigenvalue weighted by molar-refractivity contribution is 6.06. The Morgan fingerprint density at radius 3 is 2.18 bits per heavy atom. The molecule has 1 fully saturated rings. The minimum Gasteiger partial charge on any atom is -0.495 e. The summed E-state index contributed by atoms with van der Waals surface area (Å²) in [5.74, 6) is 0.438. The summed E-state index contributed by atoms with van der Waals surface area (Å²) in [6, 6.07) is 21.1. The Morgan fingerprint density at radius 1 is 0.842 bits per heavy atom. The average Bonchev–Trinajstić information content (AvgIpc) is 2.97. The van der Waals surface area contributed by atoms with E-state index in [0.717, 1.165) is 49.7 Å². The number of hydrogen-bond donors (Lipinski definition) is 2. The third-order valence-electron chi connectivity index (χ3n) is 6.76. The SMILES string of the molecule is CCc1ccc(C(=O)Nc2ccc(N3CCN(c4ccccc4OC)CC3)c(C(=O)NCCOC)c2)cc1. The van der Waals surface area contributed by atoms with Crippen LogP contribution in [0.4, 0.5) is 17.1 Å². The Kier molecular flexibility index (Phi) is 9.21. The van der Waals surface area contributed by atoms with E-state index in [1.807, 2.05) is 54.6 Å². The number of rotatable bonds is 10. The molecule has 1 saturated heterocycles. The van der Waals surface area contributed by atoms with Crippen LogP contribution in [0.1, 0.15) is 33.2 Å². The first-order chi connectivity index (χ1) is 18.5. The summed E-state index contributed by atoms with van der Waals surface area (Å²) in [5, 5.41) is 5.87. The molecule has 4 rings (SSSR count). The zero-order valence-electron chi connectivity index (χ0n) is 22.3. The van der Waals surface area contributed by atoms with Crippen LogP contribution >= 0.6 is 0 Å². The van der Waals surface area contributed by atoms with Crippen LogP contribution in [0.2, 0.25) is 0 Å². The number of benzene rings is 3. The van der Waals surface area contributed by atoms with Crippen LogP contribution in [0, 0.1) is 0 Å². The Labute approximate surface area is 224 Å². The van der Waals surface area contributed by atoms with Crippen molar-refractivity contribution in [3.05, 3.63) is 83.4 Å². The van der Waals surface area contributed by atoms with E-state index in [4.69, 9.17) is 9.47 Å². The number of piperazine rings is 1. The molecule has 200 valence electrons. The number of carbonyl (C=O) groups excluding carboxylic acids is 2. The molecule has 0 spiro atoms. The first-order valence-corrected chi connectivity index (χ1v) is 13.0. The smallest absolute Gasteiger partial charge is 0.255 e. The van der Waals surface area contributed by atoms with Crippen molar-refractivity contribution < 1.29 is 19.1 Å². The molecule has 0 aromatic heterocycles. The molecule has 1 aliphatic heterocycles. The van der Waals surface area contributed by atoms with Crippen LogP contribution in [-0.4, -0.2) is 65.4 Å². The molecule has 1 aliphatic rings. The Hall–Kier alpha value is -4.04. The van der Waals surface area contributed by atoms with E-state index in [-0.39, 0.29) is 11.8 Å². The van der Waals surface area contributed by atoms with E-state index in [1.54, 1.807) is 20.3 Å². The fourth-order valence-electron chi connectivity index (χ4n) is 4.61. The molecular weight excluding hydrogens is 480 g/mol. The molecule has 8 nitrogen and oxygen atoms in total. The normalized spacial score (nSPS) is 13.2. The minimum atomic E-state index is -0.212. The maximum Gasteiger partial charge on any atom is 0.255 e. The van der Waals surface area contributed by atoms with E-state index >= 15 is 0 Å². The van der Waals surface area contributed by atoms with Gasteiger partial charge in [0.25, 0.3) is 11.8 Å². The number of nitrogens with zero attached hydrogens (tertiary/aromatic N) is 2. The lowest BCUT2D eigenvalue weighted by Gasteiger charge is -2.38. The van der Waals surface area contributed by atoms with Crippen molar-refractivity contribution >= 4 is 28.9 Å². The number of nitrogens with one attached hydrogen (secondary N) is 2. The number of aryl methyl sites for hydroxylation is 1. The van der Waals surface area contributed by atoms with Crippen LogP contribution in [0.15, 0.2) is 66.7 Å². The molecule has 2 N–H and O–H groups in total. The molecule has 0 saturated carbocycles. The van der Waals surface area contributed by atoms with Crippen molar-refractivity contribution in [1.29, 1.82) is 0 Å². The molecule has 1 heterocycles. The molecule has 0 radical (unpaired) electrons. The van der Waals surface area contributed by atoms with E-state index in [2.05, 4.69) is 33.4 Å². The van der Waals surface area contributed by atoms with Gasteiger partial charge in [-0.15, -0.1) is 0 Å². The fraction of sp³-hybridized carbons (Fsp3) is 0.333. The van der Waals surface area contributed by atoms with Crippen molar-refractivity contribution in [2.24, 2.45) is 0 Å². The number of carbonyl (C=O) groups is 2. The topological polar surface area (TPSA) is 83.1 Å². The van der Waals surface area contributed by atoms with Crippen LogP contribution < -0.4 is 25.2 Å². The lowest BCUT2D eigenvalue weighted by molar-refractivity contribution is 0.0936. The lowest BCUT2D eigenvalue weighted by atomic mass is 10.1. The first kappa shape index (κ1) is 27.0. The van der Waals surface area contributed by atoms with Crippen LogP contribution in [0.3, 0.4) is 0 Å². The largest absolute Gasteiger partial charge is 0.495 e. The third kappa shape index (κ3) is 6.44. The summed E-state index contributed by atoms with van der Waals surface area (Å²) >= 11 is 0. The van der Waals surface area contributed by atoms with Gasteiger partial charge in [0.15, 0.2) is 0 Å². The second kappa shape index (κ2) is 13.0. The number of amides is 2. The minimum absolute atomic E-state index is 0.201. The van der Waals surface area contributed by atoms with E-state index in [9.17, 15) is 9.59 Å². The second-order valence-electron chi connectivity index (χ2n) is 9.13. The Bertz CT molecular complexity index is 1240. The molecule has 2 amide bonds. The van der Waals surface area contributed by atoms with E-state index in [0.29, 0.717) is 30.0 Å². The van der Waals surface area contributed by atoms with Gasteiger partial charge in [0.05, 0.1) is 25.0 Å². The van der Waals surface area contributed by atoms with E-state index < -0.39 is 0 Å². The number of methoxy groups -OCH3 is 2. The molecular formula is C30H36N4O4. The second-order valence-corrected chi connectivity index (χ2v) is 9.13. The molecule has 0 atom stereocenters.